The van der Waals surface area contributed by atoms with Crippen molar-refractivity contribution in [2.45, 2.75) is 38.3 Å². The van der Waals surface area contributed by atoms with Gasteiger partial charge < -0.3 is 19.9 Å². The van der Waals surface area contributed by atoms with E-state index in [1.807, 2.05) is 6.07 Å². The van der Waals surface area contributed by atoms with Crippen molar-refractivity contribution in [1.29, 1.82) is 5.26 Å². The van der Waals surface area contributed by atoms with E-state index in [1.54, 1.807) is 24.3 Å². The summed E-state index contributed by atoms with van der Waals surface area (Å²) in [5.74, 6) is -0.829. The van der Waals surface area contributed by atoms with Crippen molar-refractivity contribution in [3.63, 3.8) is 0 Å². The lowest BCUT2D eigenvalue weighted by Crippen LogP contribution is -2.33. The molecule has 2 aromatic rings. The Bertz CT molecular complexity index is 1080. The van der Waals surface area contributed by atoms with Crippen LogP contribution < -0.4 is 14.8 Å². The molecule has 3 rings (SSSR count). The number of nitrogens with zero attached hydrogens (tertiary/aromatic N) is 1. The Hall–Kier alpha value is -3.50. The average Bonchev–Trinajstić information content (AvgIpc) is 3.29. The molecule has 1 amide bonds. The molecule has 1 aliphatic rings. The molecule has 1 fully saturated rings. The maximum atomic E-state index is 12.4. The zero-order chi connectivity index (χ0) is 23.1. The molecule has 0 bridgehead atoms. The van der Waals surface area contributed by atoms with E-state index in [-0.39, 0.29) is 34.6 Å². The van der Waals surface area contributed by atoms with Crippen molar-refractivity contribution in [2.24, 2.45) is 0 Å². The third kappa shape index (κ3) is 5.80. The Kier molecular flexibility index (Phi) is 7.74. The summed E-state index contributed by atoms with van der Waals surface area (Å²) < 4.78 is 11.2. The minimum absolute atomic E-state index is 0.0193. The molecule has 32 heavy (non-hydrogen) atoms. The number of ether oxygens (including phenoxy) is 2. The van der Waals surface area contributed by atoms with Crippen LogP contribution in [0.15, 0.2) is 42.0 Å². The van der Waals surface area contributed by atoms with Gasteiger partial charge in [0.1, 0.15) is 18.2 Å². The highest BCUT2D eigenvalue weighted by Crippen LogP contribution is 2.37. The number of hydrogen-bond donors (Lipinski definition) is 2. The smallest absolute Gasteiger partial charge is 0.335 e. The molecule has 0 aromatic heterocycles. The molecule has 2 aromatic carbocycles. The average molecular weight is 455 g/mol. The number of amides is 1. The second-order valence-electron chi connectivity index (χ2n) is 7.45. The van der Waals surface area contributed by atoms with Crippen LogP contribution in [0.3, 0.4) is 0 Å². The van der Waals surface area contributed by atoms with E-state index >= 15 is 0 Å². The minimum atomic E-state index is -1.02. The Labute approximate surface area is 191 Å². The number of carboxylic acids is 1. The van der Waals surface area contributed by atoms with Gasteiger partial charge in [-0.2, -0.15) is 5.26 Å². The van der Waals surface area contributed by atoms with Crippen molar-refractivity contribution in [2.75, 3.05) is 7.11 Å². The number of hydrogen-bond acceptors (Lipinski definition) is 5. The van der Waals surface area contributed by atoms with E-state index < -0.39 is 11.9 Å². The van der Waals surface area contributed by atoms with Crippen molar-refractivity contribution >= 4 is 29.6 Å². The van der Waals surface area contributed by atoms with Crippen LogP contribution in [0.4, 0.5) is 0 Å². The highest BCUT2D eigenvalue weighted by molar-refractivity contribution is 6.32. The van der Waals surface area contributed by atoms with Gasteiger partial charge in [-0.15, -0.1) is 0 Å². The summed E-state index contributed by atoms with van der Waals surface area (Å²) in [4.78, 5) is 23.6. The molecule has 0 spiro atoms. The van der Waals surface area contributed by atoms with E-state index in [2.05, 4.69) is 5.32 Å². The van der Waals surface area contributed by atoms with E-state index in [0.717, 1.165) is 25.7 Å². The van der Waals surface area contributed by atoms with E-state index in [1.165, 1.54) is 25.3 Å². The summed E-state index contributed by atoms with van der Waals surface area (Å²) in [6.45, 7) is 0.0830. The molecule has 0 radical (unpaired) electrons. The topological polar surface area (TPSA) is 109 Å². The van der Waals surface area contributed by atoms with Crippen LogP contribution in [0, 0.1) is 11.3 Å². The lowest BCUT2D eigenvalue weighted by Gasteiger charge is -2.14. The first-order valence-electron chi connectivity index (χ1n) is 10.2. The summed E-state index contributed by atoms with van der Waals surface area (Å²) in [6, 6.07) is 11.6. The van der Waals surface area contributed by atoms with Crippen LogP contribution in [-0.4, -0.2) is 30.1 Å². The molecule has 166 valence electrons. The highest BCUT2D eigenvalue weighted by Gasteiger charge is 2.20. The van der Waals surface area contributed by atoms with Crippen molar-refractivity contribution in [3.05, 3.63) is 63.7 Å². The van der Waals surface area contributed by atoms with Crippen LogP contribution in [0.1, 0.15) is 47.2 Å². The van der Waals surface area contributed by atoms with Gasteiger partial charge in [0.25, 0.3) is 5.91 Å². The molecular formula is C24H23ClN2O5. The number of nitriles is 1. The van der Waals surface area contributed by atoms with E-state index in [9.17, 15) is 14.9 Å². The van der Waals surface area contributed by atoms with Crippen molar-refractivity contribution in [1.82, 2.24) is 5.32 Å². The molecule has 7 nitrogen and oxygen atoms in total. The first-order chi connectivity index (χ1) is 15.4. The maximum Gasteiger partial charge on any atom is 0.335 e. The number of nitrogens with one attached hydrogen (secondary N) is 1. The Morgan fingerprint density at radius 3 is 2.69 bits per heavy atom. The van der Waals surface area contributed by atoms with Gasteiger partial charge in [0, 0.05) is 6.04 Å². The fourth-order valence-corrected chi connectivity index (χ4v) is 3.84. The quantitative estimate of drug-likeness (QED) is 0.446. The van der Waals surface area contributed by atoms with Crippen LogP contribution >= 0.6 is 11.6 Å². The molecule has 0 atom stereocenters. The number of methoxy groups -OCH3 is 1. The van der Waals surface area contributed by atoms with Gasteiger partial charge in [-0.3, -0.25) is 4.79 Å². The maximum absolute atomic E-state index is 12.4. The lowest BCUT2D eigenvalue weighted by molar-refractivity contribution is -0.117. The standard InChI is InChI=1S/C24H23ClN2O5/c1-31-21-12-16(10-18(13-26)23(28)27-19-7-2-3-8-19)11-20(25)22(21)32-14-15-5-4-6-17(9-15)24(29)30/h4-6,9-12,19H,2-3,7-8,14H2,1H3,(H,27,28)(H,29,30)/b18-10-. The summed E-state index contributed by atoms with van der Waals surface area (Å²) in [5, 5.41) is 21.7. The molecule has 2 N–H and O–H groups in total. The van der Waals surface area contributed by atoms with Crippen LogP contribution in [0.2, 0.25) is 5.02 Å². The van der Waals surface area contributed by atoms with Crippen LogP contribution in [0.5, 0.6) is 11.5 Å². The zero-order valence-corrected chi connectivity index (χ0v) is 18.3. The molecule has 0 heterocycles. The zero-order valence-electron chi connectivity index (χ0n) is 17.6. The van der Waals surface area contributed by atoms with Gasteiger partial charge >= 0.3 is 5.97 Å². The third-order valence-electron chi connectivity index (χ3n) is 5.18. The Balaban J connectivity index is 1.78. The van der Waals surface area contributed by atoms with Gasteiger partial charge in [-0.25, -0.2) is 4.79 Å². The fraction of sp³-hybridized carbons (Fsp3) is 0.292. The summed E-state index contributed by atoms with van der Waals surface area (Å²) >= 11 is 6.39. The van der Waals surface area contributed by atoms with E-state index in [4.69, 9.17) is 26.2 Å². The van der Waals surface area contributed by atoms with Gasteiger partial charge in [0.2, 0.25) is 0 Å². The Morgan fingerprint density at radius 1 is 1.28 bits per heavy atom. The first kappa shape index (κ1) is 23.2. The SMILES string of the molecule is COc1cc(/C=C(/C#N)C(=O)NC2CCCC2)cc(Cl)c1OCc1cccc(C(=O)O)c1. The van der Waals surface area contributed by atoms with Gasteiger partial charge in [0.15, 0.2) is 11.5 Å². The number of benzene rings is 2. The van der Waals surface area contributed by atoms with Crippen LogP contribution in [-0.2, 0) is 11.4 Å². The number of carboxylic acid groups (broad SMARTS) is 1. The predicted octanol–water partition coefficient (Wildman–Crippen LogP) is 4.59. The minimum Gasteiger partial charge on any atom is -0.493 e. The highest BCUT2D eigenvalue weighted by atomic mass is 35.5. The number of carbonyl (C=O) groups excluding carboxylic acids is 1. The second kappa shape index (κ2) is 10.7. The first-order valence-corrected chi connectivity index (χ1v) is 10.5. The molecule has 0 saturated heterocycles. The lowest BCUT2D eigenvalue weighted by atomic mass is 10.1. The van der Waals surface area contributed by atoms with E-state index in [0.29, 0.717) is 16.9 Å². The summed E-state index contributed by atoms with van der Waals surface area (Å²) in [6.07, 6.45) is 5.45. The Morgan fingerprint density at radius 2 is 2.03 bits per heavy atom. The molecule has 0 aliphatic heterocycles. The number of carbonyl (C=O) groups is 2. The molecule has 8 heteroatoms. The predicted molar refractivity (Wildman–Crippen MR) is 120 cm³/mol. The number of rotatable bonds is 8. The molecule has 1 aliphatic carbocycles. The number of halogens is 1. The number of aromatic carboxylic acids is 1. The van der Waals surface area contributed by atoms with Crippen molar-refractivity contribution < 1.29 is 24.2 Å². The van der Waals surface area contributed by atoms with Gasteiger partial charge in [-0.1, -0.05) is 36.6 Å². The molecule has 1 saturated carbocycles. The van der Waals surface area contributed by atoms with Gasteiger partial charge in [0.05, 0.1) is 17.7 Å². The van der Waals surface area contributed by atoms with Crippen LogP contribution in [0.25, 0.3) is 6.08 Å². The third-order valence-corrected chi connectivity index (χ3v) is 5.46. The van der Waals surface area contributed by atoms with Crippen molar-refractivity contribution in [3.8, 4) is 17.6 Å². The monoisotopic (exact) mass is 454 g/mol. The normalized spacial score (nSPS) is 14.0. The second-order valence-corrected chi connectivity index (χ2v) is 7.86. The summed E-state index contributed by atoms with van der Waals surface area (Å²) in [7, 11) is 1.45. The largest absolute Gasteiger partial charge is 0.493 e. The molecular weight excluding hydrogens is 432 g/mol. The molecule has 0 unspecified atom stereocenters. The summed E-state index contributed by atoms with van der Waals surface area (Å²) in [5.41, 5.74) is 1.31. The van der Waals surface area contributed by atoms with Gasteiger partial charge in [-0.05, 0) is 54.3 Å². The fourth-order valence-electron chi connectivity index (χ4n) is 3.56.